The van der Waals surface area contributed by atoms with E-state index in [1.165, 1.54) is 4.90 Å². The van der Waals surface area contributed by atoms with Gasteiger partial charge in [-0.15, -0.1) is 0 Å². The molecule has 0 aliphatic carbocycles. The average molecular weight is 460 g/mol. The number of anilines is 1. The molecule has 0 radical (unpaired) electrons. The first kappa shape index (κ1) is 25.4. The highest BCUT2D eigenvalue weighted by molar-refractivity contribution is 7.92. The number of sulfonamides is 1. The Labute approximate surface area is 191 Å². The summed E-state index contributed by atoms with van der Waals surface area (Å²) in [5.74, 6) is -0.717. The predicted octanol–water partition coefficient (Wildman–Crippen LogP) is 3.01. The van der Waals surface area contributed by atoms with Gasteiger partial charge in [0.25, 0.3) is 0 Å². The molecule has 2 amide bonds. The highest BCUT2D eigenvalue weighted by Gasteiger charge is 2.30. The summed E-state index contributed by atoms with van der Waals surface area (Å²) in [5.41, 5.74) is 3.08. The van der Waals surface area contributed by atoms with Crippen molar-refractivity contribution in [2.24, 2.45) is 0 Å². The third kappa shape index (κ3) is 7.09. The van der Waals surface area contributed by atoms with Gasteiger partial charge in [-0.2, -0.15) is 0 Å². The van der Waals surface area contributed by atoms with Crippen molar-refractivity contribution in [1.29, 1.82) is 0 Å². The van der Waals surface area contributed by atoms with E-state index in [1.807, 2.05) is 57.2 Å². The number of rotatable bonds is 10. The molecule has 0 aliphatic heterocycles. The number of hydrogen-bond acceptors (Lipinski definition) is 4. The first-order chi connectivity index (χ1) is 15.0. The van der Waals surface area contributed by atoms with Gasteiger partial charge in [-0.3, -0.25) is 13.9 Å². The second kappa shape index (κ2) is 11.1. The average Bonchev–Trinajstić information content (AvgIpc) is 2.72. The molecule has 0 aliphatic rings. The molecular formula is C24H33N3O4S. The number of aryl methyl sites for hydroxylation is 2. The molecule has 32 heavy (non-hydrogen) atoms. The van der Waals surface area contributed by atoms with Gasteiger partial charge < -0.3 is 10.2 Å². The van der Waals surface area contributed by atoms with Gasteiger partial charge in [-0.05, 0) is 56.0 Å². The lowest BCUT2D eigenvalue weighted by molar-refractivity contribution is -0.139. The largest absolute Gasteiger partial charge is 0.354 e. The lowest BCUT2D eigenvalue weighted by Gasteiger charge is -2.31. The molecule has 0 saturated carbocycles. The van der Waals surface area contributed by atoms with E-state index in [1.54, 1.807) is 19.1 Å². The summed E-state index contributed by atoms with van der Waals surface area (Å²) in [6.45, 7) is 7.68. The van der Waals surface area contributed by atoms with E-state index in [4.69, 9.17) is 0 Å². The number of amides is 2. The van der Waals surface area contributed by atoms with Crippen LogP contribution in [0, 0.1) is 13.8 Å². The van der Waals surface area contributed by atoms with E-state index in [0.29, 0.717) is 12.2 Å². The van der Waals surface area contributed by atoms with Crippen LogP contribution in [0.2, 0.25) is 0 Å². The Morgan fingerprint density at radius 1 is 1.03 bits per heavy atom. The van der Waals surface area contributed by atoms with Gasteiger partial charge in [0.2, 0.25) is 21.8 Å². The van der Waals surface area contributed by atoms with Crippen molar-refractivity contribution in [1.82, 2.24) is 10.2 Å². The highest BCUT2D eigenvalue weighted by Crippen LogP contribution is 2.22. The topological polar surface area (TPSA) is 86.8 Å². The minimum atomic E-state index is -3.73. The monoisotopic (exact) mass is 459 g/mol. The fourth-order valence-corrected chi connectivity index (χ4v) is 4.30. The Bertz CT molecular complexity index is 1020. The number of hydrogen-bond donors (Lipinski definition) is 1. The zero-order chi connectivity index (χ0) is 23.9. The van der Waals surface area contributed by atoms with Crippen LogP contribution in [-0.2, 0) is 26.2 Å². The van der Waals surface area contributed by atoms with E-state index >= 15 is 0 Å². The molecule has 2 aromatic carbocycles. The minimum absolute atomic E-state index is 0.199. The van der Waals surface area contributed by atoms with Gasteiger partial charge in [-0.1, -0.05) is 43.3 Å². The summed E-state index contributed by atoms with van der Waals surface area (Å²) in [5, 5.41) is 2.82. The second-order valence-corrected chi connectivity index (χ2v) is 10.00. The molecule has 1 atom stereocenters. The van der Waals surface area contributed by atoms with E-state index in [2.05, 4.69) is 5.32 Å². The zero-order valence-corrected chi connectivity index (χ0v) is 20.3. The molecule has 0 heterocycles. The first-order valence-electron chi connectivity index (χ1n) is 10.7. The van der Waals surface area contributed by atoms with Gasteiger partial charge in [0.15, 0.2) is 0 Å². The summed E-state index contributed by atoms with van der Waals surface area (Å²) in [4.78, 5) is 27.5. The predicted molar refractivity (Wildman–Crippen MR) is 128 cm³/mol. The van der Waals surface area contributed by atoms with E-state index in [-0.39, 0.29) is 19.0 Å². The van der Waals surface area contributed by atoms with Crippen LogP contribution in [0.25, 0.3) is 0 Å². The van der Waals surface area contributed by atoms with Gasteiger partial charge >= 0.3 is 0 Å². The Hall–Kier alpha value is -2.87. The quantitative estimate of drug-likeness (QED) is 0.592. The van der Waals surface area contributed by atoms with Crippen LogP contribution in [0.15, 0.2) is 48.5 Å². The number of benzene rings is 2. The fourth-order valence-electron chi connectivity index (χ4n) is 3.47. The van der Waals surface area contributed by atoms with Crippen molar-refractivity contribution < 1.29 is 18.0 Å². The maximum absolute atomic E-state index is 13.4. The van der Waals surface area contributed by atoms with E-state index in [9.17, 15) is 18.0 Å². The Morgan fingerprint density at radius 3 is 2.16 bits per heavy atom. The summed E-state index contributed by atoms with van der Waals surface area (Å²) >= 11 is 0. The normalized spacial score (nSPS) is 12.2. The van der Waals surface area contributed by atoms with Crippen LogP contribution in [-0.4, -0.2) is 50.5 Å². The third-order valence-electron chi connectivity index (χ3n) is 5.09. The number of nitrogens with one attached hydrogen (secondary N) is 1. The molecule has 1 N–H and O–H groups in total. The SMILES string of the molecule is CCCNC(=O)[C@@H](C)N(Cc1ccccc1)C(=O)CN(c1cc(C)cc(C)c1)S(C)(=O)=O. The molecule has 2 rings (SSSR count). The van der Waals surface area contributed by atoms with Crippen molar-refractivity contribution in [3.8, 4) is 0 Å². The van der Waals surface area contributed by atoms with Crippen LogP contribution < -0.4 is 9.62 Å². The van der Waals surface area contributed by atoms with Crippen molar-refractivity contribution >= 4 is 27.5 Å². The number of nitrogens with zero attached hydrogens (tertiary/aromatic N) is 2. The smallest absolute Gasteiger partial charge is 0.244 e. The second-order valence-electron chi connectivity index (χ2n) is 8.09. The molecule has 0 spiro atoms. The van der Waals surface area contributed by atoms with Crippen LogP contribution in [0.3, 0.4) is 0 Å². The van der Waals surface area contributed by atoms with Crippen molar-refractivity contribution in [3.05, 3.63) is 65.2 Å². The lowest BCUT2D eigenvalue weighted by Crippen LogP contribution is -2.51. The molecule has 0 aromatic heterocycles. The maximum Gasteiger partial charge on any atom is 0.244 e. The molecule has 2 aromatic rings. The highest BCUT2D eigenvalue weighted by atomic mass is 32.2. The molecule has 0 fully saturated rings. The molecule has 0 bridgehead atoms. The van der Waals surface area contributed by atoms with Gasteiger partial charge in [-0.25, -0.2) is 8.42 Å². The van der Waals surface area contributed by atoms with Crippen LogP contribution in [0.1, 0.15) is 37.0 Å². The van der Waals surface area contributed by atoms with Gasteiger partial charge in [0.05, 0.1) is 11.9 Å². The van der Waals surface area contributed by atoms with Crippen molar-refractivity contribution in [2.45, 2.75) is 46.7 Å². The molecular weight excluding hydrogens is 426 g/mol. The Balaban J connectivity index is 2.37. The number of carbonyl (C=O) groups is 2. The summed E-state index contributed by atoms with van der Waals surface area (Å²) < 4.78 is 26.3. The van der Waals surface area contributed by atoms with Gasteiger partial charge in [0, 0.05) is 13.1 Å². The Morgan fingerprint density at radius 2 is 1.62 bits per heavy atom. The maximum atomic E-state index is 13.4. The molecule has 0 saturated heterocycles. The summed E-state index contributed by atoms with van der Waals surface area (Å²) in [6, 6.07) is 14.0. The third-order valence-corrected chi connectivity index (χ3v) is 6.23. The van der Waals surface area contributed by atoms with E-state index in [0.717, 1.165) is 33.7 Å². The first-order valence-corrected chi connectivity index (χ1v) is 12.5. The van der Waals surface area contributed by atoms with Crippen LogP contribution in [0.4, 0.5) is 5.69 Å². The Kier molecular flexibility index (Phi) is 8.83. The van der Waals surface area contributed by atoms with Crippen molar-refractivity contribution in [3.63, 3.8) is 0 Å². The van der Waals surface area contributed by atoms with Gasteiger partial charge in [0.1, 0.15) is 12.6 Å². The zero-order valence-electron chi connectivity index (χ0n) is 19.5. The summed E-state index contributed by atoms with van der Waals surface area (Å²) in [7, 11) is -3.73. The molecule has 0 unspecified atom stereocenters. The lowest BCUT2D eigenvalue weighted by atomic mass is 10.1. The standard InChI is InChI=1S/C24H33N3O4S/c1-6-12-25-24(29)20(4)26(16-21-10-8-7-9-11-21)23(28)17-27(32(5,30)31)22-14-18(2)13-19(3)15-22/h7-11,13-15,20H,6,12,16-17H2,1-5H3,(H,25,29)/t20-/m1/s1. The summed E-state index contributed by atoms with van der Waals surface area (Å²) in [6.07, 6.45) is 1.86. The minimum Gasteiger partial charge on any atom is -0.354 e. The molecule has 7 nitrogen and oxygen atoms in total. The number of carbonyl (C=O) groups excluding carboxylic acids is 2. The van der Waals surface area contributed by atoms with Crippen LogP contribution in [0.5, 0.6) is 0 Å². The van der Waals surface area contributed by atoms with Crippen molar-refractivity contribution in [2.75, 3.05) is 23.7 Å². The fraction of sp³-hybridized carbons (Fsp3) is 0.417. The van der Waals surface area contributed by atoms with Crippen LogP contribution >= 0.6 is 0 Å². The molecule has 8 heteroatoms. The molecule has 174 valence electrons. The van der Waals surface area contributed by atoms with E-state index < -0.39 is 22.0 Å².